The average Bonchev–Trinajstić information content (AvgIpc) is 3.18. The summed E-state index contributed by atoms with van der Waals surface area (Å²) >= 11 is 6.14. The van der Waals surface area contributed by atoms with Crippen molar-refractivity contribution in [3.63, 3.8) is 0 Å². The summed E-state index contributed by atoms with van der Waals surface area (Å²) in [6, 6.07) is 5.58. The summed E-state index contributed by atoms with van der Waals surface area (Å²) in [7, 11) is 1.46. The molecule has 1 aromatic carbocycles. The molecule has 2 aliphatic rings. The van der Waals surface area contributed by atoms with E-state index in [4.69, 9.17) is 21.1 Å². The molecule has 4 heterocycles. The Bertz CT molecular complexity index is 1570. The van der Waals surface area contributed by atoms with Gasteiger partial charge in [-0.2, -0.15) is 9.97 Å². The van der Waals surface area contributed by atoms with Crippen LogP contribution in [-0.2, 0) is 11.2 Å². The van der Waals surface area contributed by atoms with E-state index in [1.165, 1.54) is 7.11 Å². The van der Waals surface area contributed by atoms with Crippen molar-refractivity contribution in [2.24, 2.45) is 0 Å². The highest BCUT2D eigenvalue weighted by molar-refractivity contribution is 6.30. The zero-order valence-corrected chi connectivity index (χ0v) is 23.9. The van der Waals surface area contributed by atoms with Gasteiger partial charge in [0.05, 0.1) is 30.3 Å². The van der Waals surface area contributed by atoms with E-state index in [1.807, 2.05) is 56.0 Å². The second kappa shape index (κ2) is 11.0. The molecule has 1 amide bonds. The molecule has 0 spiro atoms. The molecule has 40 heavy (non-hydrogen) atoms. The second-order valence-corrected chi connectivity index (χ2v) is 11.5. The first-order valence-electron chi connectivity index (χ1n) is 13.3. The first-order chi connectivity index (χ1) is 19.1. The predicted molar refractivity (Wildman–Crippen MR) is 154 cm³/mol. The Morgan fingerprint density at radius 2 is 1.95 bits per heavy atom. The maximum atomic E-state index is 15.7. The standard InChI is InChI=1S/C30H33ClFN5O3/c1-18-19(10-8-11-23(18)31)9-6-7-12-24-25(32)26-22(15-33-24)27(35-28(34-26)39-5)36-16-20-13-14-21(17-36)37(20)29(38)40-30(2,3)4/h6-11,15,20-21H,1,12-14,16-17H2,2-5H3/b7-6-,19-9-. The molecule has 2 unspecified atom stereocenters. The third-order valence-electron chi connectivity index (χ3n) is 7.16. The van der Waals surface area contributed by atoms with Gasteiger partial charge in [0, 0.05) is 30.7 Å². The van der Waals surface area contributed by atoms with E-state index >= 15 is 4.39 Å². The van der Waals surface area contributed by atoms with Crippen LogP contribution in [0.2, 0.25) is 5.02 Å². The Morgan fingerprint density at radius 3 is 2.62 bits per heavy atom. The van der Waals surface area contributed by atoms with Gasteiger partial charge in [0.1, 0.15) is 16.9 Å². The molecule has 0 saturated carbocycles. The number of benzene rings is 1. The number of piperazine rings is 1. The molecule has 10 heteroatoms. The summed E-state index contributed by atoms with van der Waals surface area (Å²) in [4.78, 5) is 30.2. The lowest BCUT2D eigenvalue weighted by molar-refractivity contribution is 0.0123. The molecule has 5 rings (SSSR count). The Labute approximate surface area is 237 Å². The highest BCUT2D eigenvalue weighted by atomic mass is 35.5. The van der Waals surface area contributed by atoms with E-state index in [2.05, 4.69) is 26.4 Å². The van der Waals surface area contributed by atoms with Crippen molar-refractivity contribution in [1.82, 2.24) is 19.9 Å². The predicted octanol–water partition coefficient (Wildman–Crippen LogP) is 4.40. The Hall–Kier alpha value is -3.72. The number of hydrogen-bond acceptors (Lipinski definition) is 7. The molecule has 3 aromatic rings. The van der Waals surface area contributed by atoms with Crippen molar-refractivity contribution in [3.8, 4) is 6.01 Å². The number of methoxy groups -OCH3 is 1. The number of pyridine rings is 1. The third-order valence-corrected chi connectivity index (χ3v) is 7.52. The van der Waals surface area contributed by atoms with Crippen LogP contribution in [0.5, 0.6) is 6.01 Å². The number of fused-ring (bicyclic) bond motifs is 3. The lowest BCUT2D eigenvalue weighted by atomic mass is 10.1. The van der Waals surface area contributed by atoms with Gasteiger partial charge in [0.25, 0.3) is 0 Å². The van der Waals surface area contributed by atoms with Crippen LogP contribution in [0.1, 0.15) is 39.3 Å². The number of aromatic nitrogens is 3. The van der Waals surface area contributed by atoms with Gasteiger partial charge < -0.3 is 14.4 Å². The van der Waals surface area contributed by atoms with Gasteiger partial charge in [0.2, 0.25) is 0 Å². The van der Waals surface area contributed by atoms with Crippen LogP contribution in [0.15, 0.2) is 36.5 Å². The van der Waals surface area contributed by atoms with E-state index in [-0.39, 0.29) is 41.8 Å². The largest absolute Gasteiger partial charge is 0.467 e. The fourth-order valence-electron chi connectivity index (χ4n) is 5.31. The minimum absolute atomic E-state index is 0.0265. The molecular formula is C30H33ClFN5O3. The zero-order valence-electron chi connectivity index (χ0n) is 23.2. The molecule has 2 bridgehead atoms. The molecule has 0 N–H and O–H groups in total. The number of nitrogens with zero attached hydrogens (tertiary/aromatic N) is 5. The number of rotatable bonds is 5. The Balaban J connectivity index is 1.41. The number of allylic oxidation sites excluding steroid dienone is 2. The summed E-state index contributed by atoms with van der Waals surface area (Å²) in [5.74, 6) is 0.0356. The summed E-state index contributed by atoms with van der Waals surface area (Å²) < 4.78 is 26.7. The van der Waals surface area contributed by atoms with E-state index < -0.39 is 11.4 Å². The lowest BCUT2D eigenvalue weighted by Crippen LogP contribution is -2.57. The van der Waals surface area contributed by atoms with Crippen LogP contribution in [0.3, 0.4) is 0 Å². The molecule has 2 saturated heterocycles. The van der Waals surface area contributed by atoms with Crippen molar-refractivity contribution >= 4 is 47.1 Å². The van der Waals surface area contributed by atoms with Crippen LogP contribution >= 0.6 is 11.6 Å². The van der Waals surface area contributed by atoms with Crippen molar-refractivity contribution in [3.05, 3.63) is 63.5 Å². The van der Waals surface area contributed by atoms with Gasteiger partial charge >= 0.3 is 12.1 Å². The summed E-state index contributed by atoms with van der Waals surface area (Å²) in [6.45, 7) is 10.7. The van der Waals surface area contributed by atoms with Crippen LogP contribution in [0.4, 0.5) is 15.0 Å². The lowest BCUT2D eigenvalue weighted by Gasteiger charge is -2.42. The van der Waals surface area contributed by atoms with E-state index in [0.29, 0.717) is 29.3 Å². The van der Waals surface area contributed by atoms with Crippen LogP contribution in [0.25, 0.3) is 23.6 Å². The van der Waals surface area contributed by atoms with Crippen molar-refractivity contribution in [2.75, 3.05) is 25.1 Å². The topological polar surface area (TPSA) is 80.7 Å². The maximum absolute atomic E-state index is 15.7. The van der Waals surface area contributed by atoms with Crippen LogP contribution in [0, 0.1) is 5.82 Å². The van der Waals surface area contributed by atoms with Crippen molar-refractivity contribution in [2.45, 2.75) is 57.7 Å². The first-order valence-corrected chi connectivity index (χ1v) is 13.7. The van der Waals surface area contributed by atoms with E-state index in [9.17, 15) is 4.79 Å². The second-order valence-electron chi connectivity index (χ2n) is 11.1. The SMILES string of the molecule is C=c1c(Cl)ccc/c1=C/C=C\Cc1ncc2c(N3CC4CCC(C3)N4C(=O)OC(C)(C)C)nc(OC)nc2c1F. The fraction of sp³-hybridized carbons (Fsp3) is 0.400. The van der Waals surface area contributed by atoms with Gasteiger partial charge in [-0.15, -0.1) is 0 Å². The Morgan fingerprint density at radius 1 is 1.23 bits per heavy atom. The number of anilines is 1. The van der Waals surface area contributed by atoms with Crippen LogP contribution < -0.4 is 20.1 Å². The smallest absolute Gasteiger partial charge is 0.410 e. The minimum Gasteiger partial charge on any atom is -0.467 e. The van der Waals surface area contributed by atoms with Crippen LogP contribution in [-0.4, -0.2) is 63.8 Å². The van der Waals surface area contributed by atoms with Gasteiger partial charge in [-0.05, 0) is 50.1 Å². The fourth-order valence-corrected chi connectivity index (χ4v) is 5.49. The normalized spacial score (nSPS) is 19.6. The molecule has 8 nitrogen and oxygen atoms in total. The van der Waals surface area contributed by atoms with Crippen molar-refractivity contribution < 1.29 is 18.7 Å². The number of ether oxygens (including phenoxy) is 2. The van der Waals surface area contributed by atoms with Gasteiger partial charge in [0.15, 0.2) is 5.82 Å². The summed E-state index contributed by atoms with van der Waals surface area (Å²) in [6.07, 6.45) is 8.86. The van der Waals surface area contributed by atoms with E-state index in [1.54, 1.807) is 12.3 Å². The molecule has 2 fully saturated rings. The van der Waals surface area contributed by atoms with E-state index in [0.717, 1.165) is 23.3 Å². The van der Waals surface area contributed by atoms with Gasteiger partial charge in [-0.1, -0.05) is 48.5 Å². The molecule has 0 radical (unpaired) electrons. The minimum atomic E-state index is -0.566. The molecular weight excluding hydrogens is 533 g/mol. The zero-order chi connectivity index (χ0) is 28.6. The van der Waals surface area contributed by atoms with Gasteiger partial charge in [-0.25, -0.2) is 9.18 Å². The first kappa shape index (κ1) is 27.8. The molecule has 2 aliphatic heterocycles. The summed E-state index contributed by atoms with van der Waals surface area (Å²) in [5.41, 5.74) is -0.149. The number of hydrogen-bond donors (Lipinski definition) is 0. The molecule has 2 atom stereocenters. The molecule has 0 aliphatic carbocycles. The average molecular weight is 566 g/mol. The monoisotopic (exact) mass is 565 g/mol. The number of carbonyl (C=O) groups is 1. The highest BCUT2D eigenvalue weighted by Crippen LogP contribution is 2.36. The number of halogens is 2. The number of amides is 1. The van der Waals surface area contributed by atoms with Gasteiger partial charge in [-0.3, -0.25) is 9.88 Å². The highest BCUT2D eigenvalue weighted by Gasteiger charge is 2.45. The Kier molecular flexibility index (Phi) is 7.68. The number of carbonyl (C=O) groups excluding carboxylic acids is 1. The summed E-state index contributed by atoms with van der Waals surface area (Å²) in [5, 5.41) is 2.72. The quantitative estimate of drug-likeness (QED) is 0.453. The third kappa shape index (κ3) is 5.61. The van der Waals surface area contributed by atoms with Crippen molar-refractivity contribution in [1.29, 1.82) is 0 Å². The molecule has 2 aromatic heterocycles. The maximum Gasteiger partial charge on any atom is 0.410 e. The molecule has 210 valence electrons.